The molecule has 0 saturated heterocycles. The molecule has 0 bridgehead atoms. The Morgan fingerprint density at radius 3 is 2.46 bits per heavy atom. The first-order chi connectivity index (χ1) is 6.16. The van der Waals surface area contributed by atoms with Gasteiger partial charge in [-0.1, -0.05) is 19.8 Å². The number of thiocarbonyl (C=S) groups is 1. The van der Waals surface area contributed by atoms with Crippen molar-refractivity contribution < 1.29 is 0 Å². The zero-order valence-corrected chi connectivity index (χ0v) is 9.44. The molecule has 1 aliphatic carbocycles. The van der Waals surface area contributed by atoms with Gasteiger partial charge in [0.1, 0.15) is 0 Å². The van der Waals surface area contributed by atoms with Gasteiger partial charge in [0.2, 0.25) is 0 Å². The molecule has 1 aliphatic rings. The van der Waals surface area contributed by atoms with E-state index in [4.69, 9.17) is 18.0 Å². The normalized spacial score (nSPS) is 20.2. The molecule has 0 amide bonds. The van der Waals surface area contributed by atoms with E-state index in [1.807, 2.05) is 0 Å². The summed E-state index contributed by atoms with van der Waals surface area (Å²) in [7, 11) is 0. The van der Waals surface area contributed by atoms with Crippen LogP contribution in [0.4, 0.5) is 0 Å². The Kier molecular flexibility index (Phi) is 3.97. The summed E-state index contributed by atoms with van der Waals surface area (Å²) in [6, 6.07) is 1.12. The summed E-state index contributed by atoms with van der Waals surface area (Å²) in [6.07, 6.45) is 6.32. The highest BCUT2D eigenvalue weighted by Gasteiger charge is 2.26. The molecule has 0 radical (unpaired) electrons. The van der Waals surface area contributed by atoms with E-state index >= 15 is 0 Å². The molecule has 3 heteroatoms. The van der Waals surface area contributed by atoms with Crippen LogP contribution in [-0.4, -0.2) is 22.1 Å². The summed E-state index contributed by atoms with van der Waals surface area (Å²) < 4.78 is 0. The third kappa shape index (κ3) is 2.56. The Bertz CT molecular complexity index is 176. The Morgan fingerprint density at radius 2 is 2.08 bits per heavy atom. The van der Waals surface area contributed by atoms with Gasteiger partial charge in [0, 0.05) is 12.1 Å². The highest BCUT2D eigenvalue weighted by molar-refractivity contribution is 7.80. The fourth-order valence-corrected chi connectivity index (χ4v) is 2.47. The van der Waals surface area contributed by atoms with E-state index in [-0.39, 0.29) is 0 Å². The monoisotopic (exact) mass is 200 g/mol. The number of hydrogen-bond acceptors (Lipinski definition) is 1. The average molecular weight is 200 g/mol. The maximum Gasteiger partial charge on any atom is 0.166 e. The van der Waals surface area contributed by atoms with Crippen LogP contribution in [0.15, 0.2) is 0 Å². The van der Waals surface area contributed by atoms with E-state index in [9.17, 15) is 0 Å². The van der Waals surface area contributed by atoms with Gasteiger partial charge in [-0.2, -0.15) is 0 Å². The maximum absolute atomic E-state index is 5.75. The van der Waals surface area contributed by atoms with Crippen LogP contribution >= 0.6 is 12.2 Å². The van der Waals surface area contributed by atoms with Crippen molar-refractivity contribution in [3.05, 3.63) is 0 Å². The molecule has 1 saturated carbocycles. The molecule has 0 heterocycles. The SMILES string of the molecule is CCC(C)N(C(N)=S)C1CCCC1. The third-order valence-corrected chi connectivity index (χ3v) is 3.25. The lowest BCUT2D eigenvalue weighted by Crippen LogP contribution is -2.47. The second kappa shape index (κ2) is 4.80. The zero-order valence-electron chi connectivity index (χ0n) is 8.62. The summed E-state index contributed by atoms with van der Waals surface area (Å²) in [4.78, 5) is 2.24. The van der Waals surface area contributed by atoms with Crippen molar-refractivity contribution >= 4 is 17.3 Å². The van der Waals surface area contributed by atoms with E-state index in [0.29, 0.717) is 17.2 Å². The van der Waals surface area contributed by atoms with Crippen LogP contribution in [0.2, 0.25) is 0 Å². The van der Waals surface area contributed by atoms with Crippen LogP contribution in [-0.2, 0) is 0 Å². The van der Waals surface area contributed by atoms with Gasteiger partial charge in [-0.15, -0.1) is 0 Å². The van der Waals surface area contributed by atoms with Gasteiger partial charge in [0.15, 0.2) is 5.11 Å². The first-order valence-electron chi connectivity index (χ1n) is 5.24. The van der Waals surface area contributed by atoms with Crippen molar-refractivity contribution in [2.45, 2.75) is 58.0 Å². The molecule has 0 aromatic rings. The molecule has 0 aromatic carbocycles. The van der Waals surface area contributed by atoms with Gasteiger partial charge in [0.05, 0.1) is 0 Å². The van der Waals surface area contributed by atoms with E-state index in [0.717, 1.165) is 6.42 Å². The quantitative estimate of drug-likeness (QED) is 0.709. The Balaban J connectivity index is 2.60. The van der Waals surface area contributed by atoms with Gasteiger partial charge in [-0.25, -0.2) is 0 Å². The fourth-order valence-electron chi connectivity index (χ4n) is 2.14. The van der Waals surface area contributed by atoms with Gasteiger partial charge < -0.3 is 10.6 Å². The summed E-state index contributed by atoms with van der Waals surface area (Å²) >= 11 is 5.10. The topological polar surface area (TPSA) is 29.3 Å². The minimum absolute atomic E-state index is 0.501. The second-order valence-corrected chi connectivity index (χ2v) is 4.36. The van der Waals surface area contributed by atoms with Crippen LogP contribution in [0.1, 0.15) is 46.0 Å². The molecule has 1 unspecified atom stereocenters. The van der Waals surface area contributed by atoms with E-state index < -0.39 is 0 Å². The predicted octanol–water partition coefficient (Wildman–Crippen LogP) is 2.27. The highest BCUT2D eigenvalue weighted by Crippen LogP contribution is 2.25. The fraction of sp³-hybridized carbons (Fsp3) is 0.900. The van der Waals surface area contributed by atoms with E-state index in [2.05, 4.69) is 18.7 Å². The summed E-state index contributed by atoms with van der Waals surface area (Å²) in [6.45, 7) is 4.39. The van der Waals surface area contributed by atoms with Crippen molar-refractivity contribution in [1.29, 1.82) is 0 Å². The van der Waals surface area contributed by atoms with Crippen LogP contribution in [0.25, 0.3) is 0 Å². The van der Waals surface area contributed by atoms with Crippen LogP contribution in [0.3, 0.4) is 0 Å². The summed E-state index contributed by atoms with van der Waals surface area (Å²) in [5.74, 6) is 0. The lowest BCUT2D eigenvalue weighted by Gasteiger charge is -2.34. The minimum Gasteiger partial charge on any atom is -0.376 e. The number of rotatable bonds is 3. The molecule has 0 aromatic heterocycles. The zero-order chi connectivity index (χ0) is 9.84. The van der Waals surface area contributed by atoms with Crippen molar-refractivity contribution in [2.75, 3.05) is 0 Å². The Hall–Kier alpha value is -0.310. The predicted molar refractivity (Wildman–Crippen MR) is 60.6 cm³/mol. The molecule has 2 N–H and O–H groups in total. The van der Waals surface area contributed by atoms with Crippen molar-refractivity contribution in [1.82, 2.24) is 4.90 Å². The molecule has 2 nitrogen and oxygen atoms in total. The Morgan fingerprint density at radius 1 is 1.54 bits per heavy atom. The van der Waals surface area contributed by atoms with Gasteiger partial charge in [-0.05, 0) is 38.4 Å². The molecular weight excluding hydrogens is 180 g/mol. The lowest BCUT2D eigenvalue weighted by molar-refractivity contribution is 0.247. The molecule has 13 heavy (non-hydrogen) atoms. The van der Waals surface area contributed by atoms with Crippen molar-refractivity contribution in [3.63, 3.8) is 0 Å². The first kappa shape index (κ1) is 10.8. The summed E-state index contributed by atoms with van der Waals surface area (Å²) in [5.41, 5.74) is 5.75. The van der Waals surface area contributed by atoms with Gasteiger partial charge >= 0.3 is 0 Å². The Labute approximate surface area is 86.5 Å². The maximum atomic E-state index is 5.75. The van der Waals surface area contributed by atoms with Crippen LogP contribution in [0, 0.1) is 0 Å². The molecule has 1 fully saturated rings. The molecule has 0 aliphatic heterocycles. The van der Waals surface area contributed by atoms with Gasteiger partial charge in [-0.3, -0.25) is 0 Å². The second-order valence-electron chi connectivity index (χ2n) is 3.94. The van der Waals surface area contributed by atoms with E-state index in [1.54, 1.807) is 0 Å². The first-order valence-corrected chi connectivity index (χ1v) is 5.65. The minimum atomic E-state index is 0.501. The smallest absolute Gasteiger partial charge is 0.166 e. The largest absolute Gasteiger partial charge is 0.376 e. The highest BCUT2D eigenvalue weighted by atomic mass is 32.1. The van der Waals surface area contributed by atoms with Crippen molar-refractivity contribution in [3.8, 4) is 0 Å². The van der Waals surface area contributed by atoms with Crippen LogP contribution in [0.5, 0.6) is 0 Å². The van der Waals surface area contributed by atoms with Gasteiger partial charge in [0.25, 0.3) is 0 Å². The number of nitrogens with two attached hydrogens (primary N) is 1. The molecule has 1 atom stereocenters. The third-order valence-electron chi connectivity index (χ3n) is 3.04. The lowest BCUT2D eigenvalue weighted by atomic mass is 10.1. The molecule has 0 spiro atoms. The van der Waals surface area contributed by atoms with Crippen LogP contribution < -0.4 is 5.73 Å². The summed E-state index contributed by atoms with van der Waals surface area (Å²) in [5, 5.41) is 0.584. The molecule has 1 rings (SSSR count). The number of hydrogen-bond donors (Lipinski definition) is 1. The molecule has 76 valence electrons. The average Bonchev–Trinajstić information content (AvgIpc) is 2.56. The molecular formula is C10H20N2S. The van der Waals surface area contributed by atoms with E-state index in [1.165, 1.54) is 25.7 Å². The number of nitrogens with zero attached hydrogens (tertiary/aromatic N) is 1. The van der Waals surface area contributed by atoms with Crippen molar-refractivity contribution in [2.24, 2.45) is 5.73 Å². The standard InChI is InChI=1S/C10H20N2S/c1-3-8(2)12(10(11)13)9-6-4-5-7-9/h8-9H,3-7H2,1-2H3,(H2,11,13).